The predicted octanol–water partition coefficient (Wildman–Crippen LogP) is 4.01. The average Bonchev–Trinajstić information content (AvgIpc) is 2.55. The fourth-order valence-electron chi connectivity index (χ4n) is 2.52. The van der Waals surface area contributed by atoms with Crippen molar-refractivity contribution in [2.45, 2.75) is 25.7 Å². The minimum Gasteiger partial charge on any atom is -0.348 e. The van der Waals surface area contributed by atoms with E-state index in [1.54, 1.807) is 11.9 Å². The Morgan fingerprint density at radius 3 is 2.24 bits per heavy atom. The van der Waals surface area contributed by atoms with E-state index in [2.05, 4.69) is 5.32 Å². The number of hydrogen-bond acceptors (Lipinski definition) is 2. The van der Waals surface area contributed by atoms with Crippen LogP contribution in [0.4, 0.5) is 13.2 Å². The SMILES string of the molecule is CC(NC(=O)CN(C)Cc1ccc(C(F)(F)F)cc1)c1ccccc1. The molecule has 6 heteroatoms. The van der Waals surface area contributed by atoms with Gasteiger partial charge in [-0.3, -0.25) is 9.69 Å². The number of likely N-dealkylation sites (N-methyl/N-ethyl adjacent to an activating group) is 1. The standard InChI is InChI=1S/C19H21F3N2O/c1-14(16-6-4-3-5-7-16)23-18(25)13-24(2)12-15-8-10-17(11-9-15)19(20,21)22/h3-11,14H,12-13H2,1-2H3,(H,23,25). The highest BCUT2D eigenvalue weighted by Crippen LogP contribution is 2.29. The summed E-state index contributed by atoms with van der Waals surface area (Å²) >= 11 is 0. The normalized spacial score (nSPS) is 12.9. The minimum atomic E-state index is -4.34. The maximum atomic E-state index is 12.6. The molecule has 0 bridgehead atoms. The molecule has 0 fully saturated rings. The second kappa shape index (κ2) is 8.16. The van der Waals surface area contributed by atoms with Gasteiger partial charge in [0.05, 0.1) is 18.2 Å². The van der Waals surface area contributed by atoms with Crippen LogP contribution in [0.5, 0.6) is 0 Å². The third-order valence-corrected chi connectivity index (χ3v) is 3.82. The molecule has 1 unspecified atom stereocenters. The molecule has 0 radical (unpaired) electrons. The average molecular weight is 350 g/mol. The van der Waals surface area contributed by atoms with Crippen LogP contribution in [0.3, 0.4) is 0 Å². The number of halogens is 3. The van der Waals surface area contributed by atoms with Gasteiger partial charge >= 0.3 is 6.18 Å². The summed E-state index contributed by atoms with van der Waals surface area (Å²) < 4.78 is 37.7. The van der Waals surface area contributed by atoms with Crippen molar-refractivity contribution >= 4 is 5.91 Å². The second-order valence-corrected chi connectivity index (χ2v) is 6.07. The van der Waals surface area contributed by atoms with E-state index in [1.807, 2.05) is 37.3 Å². The first-order chi connectivity index (χ1) is 11.8. The Morgan fingerprint density at radius 2 is 1.68 bits per heavy atom. The van der Waals surface area contributed by atoms with Crippen LogP contribution in [-0.2, 0) is 17.5 Å². The van der Waals surface area contributed by atoms with Crippen LogP contribution in [0, 0.1) is 0 Å². The molecule has 1 N–H and O–H groups in total. The summed E-state index contributed by atoms with van der Waals surface area (Å²) in [5.74, 6) is -0.134. The lowest BCUT2D eigenvalue weighted by Crippen LogP contribution is -2.36. The number of hydrogen-bond donors (Lipinski definition) is 1. The van der Waals surface area contributed by atoms with Crippen molar-refractivity contribution in [1.29, 1.82) is 0 Å². The highest BCUT2D eigenvalue weighted by atomic mass is 19.4. The Morgan fingerprint density at radius 1 is 1.08 bits per heavy atom. The van der Waals surface area contributed by atoms with Gasteiger partial charge in [0.1, 0.15) is 0 Å². The van der Waals surface area contributed by atoms with E-state index in [0.29, 0.717) is 6.54 Å². The predicted molar refractivity (Wildman–Crippen MR) is 90.8 cm³/mol. The Hall–Kier alpha value is -2.34. The third kappa shape index (κ3) is 5.90. The van der Waals surface area contributed by atoms with E-state index in [1.165, 1.54) is 12.1 Å². The third-order valence-electron chi connectivity index (χ3n) is 3.82. The molecule has 1 atom stereocenters. The first kappa shape index (κ1) is 19.0. The zero-order chi connectivity index (χ0) is 18.4. The second-order valence-electron chi connectivity index (χ2n) is 6.07. The van der Waals surface area contributed by atoms with Gasteiger partial charge in [-0.1, -0.05) is 42.5 Å². The molecule has 0 aliphatic heterocycles. The molecule has 2 aromatic rings. The fourth-order valence-corrected chi connectivity index (χ4v) is 2.52. The zero-order valence-corrected chi connectivity index (χ0v) is 14.2. The smallest absolute Gasteiger partial charge is 0.348 e. The van der Waals surface area contributed by atoms with Gasteiger partial charge in [0.15, 0.2) is 0 Å². The van der Waals surface area contributed by atoms with Gasteiger partial charge in [0.25, 0.3) is 0 Å². The van der Waals surface area contributed by atoms with E-state index < -0.39 is 11.7 Å². The number of benzene rings is 2. The molecule has 0 aliphatic rings. The van der Waals surface area contributed by atoms with Gasteiger partial charge in [-0.25, -0.2) is 0 Å². The number of amides is 1. The molecular weight excluding hydrogens is 329 g/mol. The molecule has 1 amide bonds. The van der Waals surface area contributed by atoms with Crippen molar-refractivity contribution < 1.29 is 18.0 Å². The van der Waals surface area contributed by atoms with E-state index in [-0.39, 0.29) is 18.5 Å². The zero-order valence-electron chi connectivity index (χ0n) is 14.2. The topological polar surface area (TPSA) is 32.3 Å². The van der Waals surface area contributed by atoms with Gasteiger partial charge in [-0.05, 0) is 37.2 Å². The molecule has 0 spiro atoms. The monoisotopic (exact) mass is 350 g/mol. The largest absolute Gasteiger partial charge is 0.416 e. The fraction of sp³-hybridized carbons (Fsp3) is 0.316. The summed E-state index contributed by atoms with van der Waals surface area (Å²) in [5, 5.41) is 2.91. The van der Waals surface area contributed by atoms with Crippen molar-refractivity contribution in [3.8, 4) is 0 Å². The van der Waals surface area contributed by atoms with Crippen LogP contribution in [0.15, 0.2) is 54.6 Å². The molecule has 25 heavy (non-hydrogen) atoms. The van der Waals surface area contributed by atoms with Crippen LogP contribution < -0.4 is 5.32 Å². The number of carbonyl (C=O) groups is 1. The van der Waals surface area contributed by atoms with Gasteiger partial charge in [0, 0.05) is 6.54 Å². The van der Waals surface area contributed by atoms with Crippen molar-refractivity contribution in [2.75, 3.05) is 13.6 Å². The van der Waals surface area contributed by atoms with Crippen LogP contribution >= 0.6 is 0 Å². The quantitative estimate of drug-likeness (QED) is 0.854. The Balaban J connectivity index is 1.85. The van der Waals surface area contributed by atoms with Crippen molar-refractivity contribution in [3.63, 3.8) is 0 Å². The highest BCUT2D eigenvalue weighted by Gasteiger charge is 2.29. The summed E-state index contributed by atoms with van der Waals surface area (Å²) in [7, 11) is 1.75. The maximum absolute atomic E-state index is 12.6. The molecule has 0 aliphatic carbocycles. The number of rotatable bonds is 6. The van der Waals surface area contributed by atoms with Crippen molar-refractivity contribution in [2.24, 2.45) is 0 Å². The minimum absolute atomic E-state index is 0.104. The Bertz CT molecular complexity index is 684. The highest BCUT2D eigenvalue weighted by molar-refractivity contribution is 5.78. The first-order valence-corrected chi connectivity index (χ1v) is 7.94. The van der Waals surface area contributed by atoms with Crippen molar-refractivity contribution in [3.05, 3.63) is 71.3 Å². The molecular formula is C19H21F3N2O. The van der Waals surface area contributed by atoms with Crippen LogP contribution in [0.1, 0.15) is 29.7 Å². The first-order valence-electron chi connectivity index (χ1n) is 7.94. The lowest BCUT2D eigenvalue weighted by molar-refractivity contribution is -0.137. The van der Waals surface area contributed by atoms with Gasteiger partial charge in [0.2, 0.25) is 5.91 Å². The summed E-state index contributed by atoms with van der Waals surface area (Å²) in [6, 6.07) is 14.5. The Labute approximate surface area is 145 Å². The summed E-state index contributed by atoms with van der Waals surface area (Å²) in [5.41, 5.74) is 1.06. The van der Waals surface area contributed by atoms with Gasteiger partial charge in [-0.2, -0.15) is 13.2 Å². The molecule has 2 rings (SSSR count). The molecule has 0 saturated carbocycles. The summed E-state index contributed by atoms with van der Waals surface area (Å²) in [4.78, 5) is 13.9. The van der Waals surface area contributed by atoms with E-state index in [0.717, 1.165) is 23.3 Å². The van der Waals surface area contributed by atoms with E-state index in [4.69, 9.17) is 0 Å². The van der Waals surface area contributed by atoms with Crippen LogP contribution in [0.2, 0.25) is 0 Å². The van der Waals surface area contributed by atoms with Gasteiger partial charge < -0.3 is 5.32 Å². The molecule has 0 saturated heterocycles. The van der Waals surface area contributed by atoms with E-state index in [9.17, 15) is 18.0 Å². The molecule has 0 aromatic heterocycles. The van der Waals surface area contributed by atoms with Crippen LogP contribution in [-0.4, -0.2) is 24.4 Å². The number of carbonyl (C=O) groups excluding carboxylic acids is 1. The lowest BCUT2D eigenvalue weighted by Gasteiger charge is -2.19. The number of nitrogens with one attached hydrogen (secondary N) is 1. The molecule has 0 heterocycles. The summed E-state index contributed by atoms with van der Waals surface area (Å²) in [6.07, 6.45) is -4.34. The lowest BCUT2D eigenvalue weighted by atomic mass is 10.1. The molecule has 2 aromatic carbocycles. The van der Waals surface area contributed by atoms with Crippen molar-refractivity contribution in [1.82, 2.24) is 10.2 Å². The molecule has 134 valence electrons. The van der Waals surface area contributed by atoms with E-state index >= 15 is 0 Å². The molecule has 3 nitrogen and oxygen atoms in total. The Kier molecular flexibility index (Phi) is 6.20. The number of alkyl halides is 3. The van der Waals surface area contributed by atoms with Crippen LogP contribution in [0.25, 0.3) is 0 Å². The summed E-state index contributed by atoms with van der Waals surface area (Å²) in [6.45, 7) is 2.46. The number of nitrogens with zero attached hydrogens (tertiary/aromatic N) is 1. The van der Waals surface area contributed by atoms with Gasteiger partial charge in [-0.15, -0.1) is 0 Å². The maximum Gasteiger partial charge on any atom is 0.416 e.